The van der Waals surface area contributed by atoms with Gasteiger partial charge in [0.15, 0.2) is 0 Å². The highest BCUT2D eigenvalue weighted by molar-refractivity contribution is 5.86. The summed E-state index contributed by atoms with van der Waals surface area (Å²) in [5, 5.41) is 10.1. The van der Waals surface area contributed by atoms with Gasteiger partial charge >= 0.3 is 12.1 Å². The van der Waals surface area contributed by atoms with E-state index in [2.05, 4.69) is 17.1 Å². The average molecular weight is 372 g/mol. The zero-order valence-corrected chi connectivity index (χ0v) is 16.5. The molecule has 0 aliphatic carbocycles. The molecule has 1 amide bonds. The molecule has 6 nitrogen and oxygen atoms in total. The average Bonchev–Trinajstić information content (AvgIpc) is 2.88. The number of H-pyrrole nitrogens is 1. The summed E-state index contributed by atoms with van der Waals surface area (Å²) in [5.41, 5.74) is 3.50. The molecule has 3 rings (SSSR count). The molecule has 27 heavy (non-hydrogen) atoms. The smallest absolute Gasteiger partial charge is 0.410 e. The highest BCUT2D eigenvalue weighted by Gasteiger charge is 2.27. The predicted molar refractivity (Wildman–Crippen MR) is 104 cm³/mol. The Balaban J connectivity index is 1.71. The number of ether oxygens (including phenoxy) is 1. The summed E-state index contributed by atoms with van der Waals surface area (Å²) < 4.78 is 5.46. The zero-order chi connectivity index (χ0) is 19.8. The van der Waals surface area contributed by atoms with Crippen LogP contribution in [0, 0.1) is 6.92 Å². The van der Waals surface area contributed by atoms with Crippen LogP contribution in [0.2, 0.25) is 0 Å². The van der Waals surface area contributed by atoms with Crippen molar-refractivity contribution in [2.75, 3.05) is 13.1 Å². The summed E-state index contributed by atoms with van der Waals surface area (Å²) in [6, 6.07) is 6.31. The molecule has 1 aromatic carbocycles. The molecule has 1 saturated heterocycles. The first-order chi connectivity index (χ1) is 12.6. The quantitative estimate of drug-likeness (QED) is 0.845. The van der Waals surface area contributed by atoms with Crippen LogP contribution in [0.1, 0.15) is 56.4 Å². The number of carboxylic acid groups (broad SMARTS) is 1. The minimum atomic E-state index is -0.834. The maximum absolute atomic E-state index is 12.2. The first-order valence-corrected chi connectivity index (χ1v) is 9.45. The molecule has 0 saturated carbocycles. The number of nitrogens with one attached hydrogen (secondary N) is 1. The Morgan fingerprint density at radius 2 is 1.93 bits per heavy atom. The van der Waals surface area contributed by atoms with Gasteiger partial charge in [-0.2, -0.15) is 0 Å². The van der Waals surface area contributed by atoms with E-state index in [0.717, 1.165) is 35.0 Å². The maximum Gasteiger partial charge on any atom is 0.410 e. The van der Waals surface area contributed by atoms with Crippen molar-refractivity contribution in [3.63, 3.8) is 0 Å². The molecule has 1 aromatic heterocycles. The third-order valence-corrected chi connectivity index (χ3v) is 5.13. The molecule has 0 atom stereocenters. The lowest BCUT2D eigenvalue weighted by atomic mass is 9.88. The highest BCUT2D eigenvalue weighted by atomic mass is 16.6. The van der Waals surface area contributed by atoms with Crippen LogP contribution in [0.4, 0.5) is 4.79 Å². The van der Waals surface area contributed by atoms with Gasteiger partial charge in [0.1, 0.15) is 5.60 Å². The molecular weight excluding hydrogens is 344 g/mol. The number of hydrogen-bond donors (Lipinski definition) is 2. The Kier molecular flexibility index (Phi) is 5.18. The van der Waals surface area contributed by atoms with Crippen LogP contribution >= 0.6 is 0 Å². The maximum atomic E-state index is 12.2. The van der Waals surface area contributed by atoms with Crippen LogP contribution < -0.4 is 0 Å². The highest BCUT2D eigenvalue weighted by Crippen LogP contribution is 2.32. The van der Waals surface area contributed by atoms with Gasteiger partial charge in [-0.15, -0.1) is 0 Å². The first-order valence-electron chi connectivity index (χ1n) is 9.45. The number of amides is 1. The van der Waals surface area contributed by atoms with Crippen LogP contribution in [-0.2, 0) is 16.0 Å². The fourth-order valence-electron chi connectivity index (χ4n) is 3.70. The summed E-state index contributed by atoms with van der Waals surface area (Å²) >= 11 is 0. The summed E-state index contributed by atoms with van der Waals surface area (Å²) in [6.45, 7) is 8.98. The monoisotopic (exact) mass is 372 g/mol. The number of carboxylic acids is 1. The van der Waals surface area contributed by atoms with Crippen LogP contribution in [0.3, 0.4) is 0 Å². The number of carbonyl (C=O) groups excluding carboxylic acids is 1. The number of fused-ring (bicyclic) bond motifs is 1. The number of nitrogens with zero attached hydrogens (tertiary/aromatic N) is 1. The lowest BCUT2D eigenvalue weighted by Crippen LogP contribution is -2.41. The number of rotatable bonds is 3. The number of aryl methyl sites for hydroxylation is 1. The minimum absolute atomic E-state index is 0.00409. The number of aromatic nitrogens is 1. The third kappa shape index (κ3) is 4.43. The second-order valence-corrected chi connectivity index (χ2v) is 8.35. The lowest BCUT2D eigenvalue weighted by Gasteiger charge is -2.33. The number of likely N-dealkylation sites (tertiary alicyclic amines) is 1. The minimum Gasteiger partial charge on any atom is -0.481 e. The molecule has 2 aromatic rings. The number of piperidine rings is 1. The van der Waals surface area contributed by atoms with Crippen LogP contribution in [-0.4, -0.2) is 45.7 Å². The normalized spacial score (nSPS) is 15.9. The van der Waals surface area contributed by atoms with E-state index in [1.807, 2.05) is 33.8 Å². The van der Waals surface area contributed by atoms with Gasteiger partial charge in [-0.25, -0.2) is 4.79 Å². The molecule has 6 heteroatoms. The second-order valence-electron chi connectivity index (χ2n) is 8.35. The summed E-state index contributed by atoms with van der Waals surface area (Å²) in [5.74, 6) is -0.440. The Morgan fingerprint density at radius 1 is 1.26 bits per heavy atom. The van der Waals surface area contributed by atoms with E-state index in [9.17, 15) is 9.59 Å². The van der Waals surface area contributed by atoms with Gasteiger partial charge in [-0.05, 0) is 69.7 Å². The fourth-order valence-corrected chi connectivity index (χ4v) is 3.70. The van der Waals surface area contributed by atoms with Gasteiger partial charge in [0.05, 0.1) is 6.42 Å². The molecule has 1 aliphatic rings. The zero-order valence-electron chi connectivity index (χ0n) is 16.5. The molecule has 0 spiro atoms. The first kappa shape index (κ1) is 19.3. The van der Waals surface area contributed by atoms with E-state index < -0.39 is 11.6 Å². The molecule has 0 radical (unpaired) electrons. The summed E-state index contributed by atoms with van der Waals surface area (Å²) in [7, 11) is 0. The van der Waals surface area contributed by atoms with E-state index in [1.165, 1.54) is 5.56 Å². The number of aliphatic carboxylic acids is 1. The number of aromatic amines is 1. The van der Waals surface area contributed by atoms with Gasteiger partial charge in [0, 0.05) is 29.7 Å². The van der Waals surface area contributed by atoms with Crippen LogP contribution in [0.15, 0.2) is 18.2 Å². The number of hydrogen-bond acceptors (Lipinski definition) is 3. The van der Waals surface area contributed by atoms with Crippen molar-refractivity contribution >= 4 is 23.0 Å². The van der Waals surface area contributed by atoms with Crippen molar-refractivity contribution in [2.45, 2.75) is 58.5 Å². The SMILES string of the molecule is Cc1c(CC(=O)O)[nH]c2ccc(C3CCN(C(=O)OC(C)(C)C)CC3)cc12. The Hall–Kier alpha value is -2.50. The van der Waals surface area contributed by atoms with Crippen molar-refractivity contribution in [2.24, 2.45) is 0 Å². The Morgan fingerprint density at radius 3 is 2.52 bits per heavy atom. The van der Waals surface area contributed by atoms with E-state index >= 15 is 0 Å². The molecule has 1 fully saturated rings. The molecule has 1 aliphatic heterocycles. The second kappa shape index (κ2) is 7.25. The van der Waals surface area contributed by atoms with Gasteiger partial charge < -0.3 is 19.7 Å². The molecule has 2 heterocycles. The van der Waals surface area contributed by atoms with Gasteiger partial charge in [-0.3, -0.25) is 4.79 Å². The van der Waals surface area contributed by atoms with E-state index in [0.29, 0.717) is 19.0 Å². The van der Waals surface area contributed by atoms with Gasteiger partial charge in [-0.1, -0.05) is 6.07 Å². The van der Waals surface area contributed by atoms with E-state index in [1.54, 1.807) is 4.90 Å². The molecule has 0 bridgehead atoms. The topological polar surface area (TPSA) is 82.6 Å². The molecular formula is C21H28N2O4. The number of carbonyl (C=O) groups is 2. The summed E-state index contributed by atoms with van der Waals surface area (Å²) in [4.78, 5) is 28.2. The lowest BCUT2D eigenvalue weighted by molar-refractivity contribution is -0.136. The van der Waals surface area contributed by atoms with Crippen molar-refractivity contribution in [1.82, 2.24) is 9.88 Å². The summed E-state index contributed by atoms with van der Waals surface area (Å²) in [6.07, 6.45) is 1.56. The van der Waals surface area contributed by atoms with Crippen molar-refractivity contribution in [3.05, 3.63) is 35.0 Å². The van der Waals surface area contributed by atoms with Crippen LogP contribution in [0.25, 0.3) is 10.9 Å². The van der Waals surface area contributed by atoms with Crippen molar-refractivity contribution in [1.29, 1.82) is 0 Å². The molecule has 2 N–H and O–H groups in total. The van der Waals surface area contributed by atoms with Crippen LogP contribution in [0.5, 0.6) is 0 Å². The standard InChI is InChI=1S/C21H28N2O4/c1-13-16-11-15(5-6-17(16)22-18(13)12-19(24)25)14-7-9-23(10-8-14)20(26)27-21(2,3)4/h5-6,11,14,22H,7-10,12H2,1-4H3,(H,24,25). The molecule has 146 valence electrons. The Labute approximate surface area is 159 Å². The Bertz CT molecular complexity index is 855. The molecule has 0 unspecified atom stereocenters. The van der Waals surface area contributed by atoms with Crippen molar-refractivity contribution < 1.29 is 19.4 Å². The van der Waals surface area contributed by atoms with E-state index in [4.69, 9.17) is 9.84 Å². The van der Waals surface area contributed by atoms with Gasteiger partial charge in [0.25, 0.3) is 0 Å². The van der Waals surface area contributed by atoms with Gasteiger partial charge in [0.2, 0.25) is 0 Å². The third-order valence-electron chi connectivity index (χ3n) is 5.13. The van der Waals surface area contributed by atoms with Crippen molar-refractivity contribution in [3.8, 4) is 0 Å². The van der Waals surface area contributed by atoms with E-state index in [-0.39, 0.29) is 12.5 Å². The predicted octanol–water partition coefficient (Wildman–Crippen LogP) is 4.22. The largest absolute Gasteiger partial charge is 0.481 e. The fraction of sp³-hybridized carbons (Fsp3) is 0.524. The number of benzene rings is 1.